The largest absolute Gasteiger partial charge is 0.396 e. The summed E-state index contributed by atoms with van der Waals surface area (Å²) in [7, 11) is 0. The Bertz CT molecular complexity index is 275. The highest BCUT2D eigenvalue weighted by Gasteiger charge is 2.37. The first-order valence-corrected chi connectivity index (χ1v) is 7.21. The molecule has 0 spiro atoms. The van der Waals surface area contributed by atoms with Crippen molar-refractivity contribution in [2.75, 3.05) is 6.61 Å². The normalized spacial score (nSPS) is 21.4. The second-order valence-corrected chi connectivity index (χ2v) is 7.03. The van der Waals surface area contributed by atoms with Crippen LogP contribution in [0.4, 0.5) is 0 Å². The molecule has 106 valence electrons. The van der Waals surface area contributed by atoms with Crippen LogP contribution in [0.1, 0.15) is 66.2 Å². The van der Waals surface area contributed by atoms with Gasteiger partial charge in [-0.3, -0.25) is 4.79 Å². The van der Waals surface area contributed by atoms with Gasteiger partial charge in [0.2, 0.25) is 5.91 Å². The number of hydrogen-bond acceptors (Lipinski definition) is 2. The molecule has 1 amide bonds. The van der Waals surface area contributed by atoms with Crippen LogP contribution in [0.2, 0.25) is 0 Å². The molecule has 0 saturated heterocycles. The highest BCUT2D eigenvalue weighted by Crippen LogP contribution is 2.36. The van der Waals surface area contributed by atoms with E-state index >= 15 is 0 Å². The standard InChI is InChI=1S/C15H29NO2/c1-14(2,3)12(8-11-17)16-13(18)15(4)9-6-5-7-10-15/h12,17H,5-11H2,1-4H3,(H,16,18). The van der Waals surface area contributed by atoms with Gasteiger partial charge in [-0.25, -0.2) is 0 Å². The molecule has 2 N–H and O–H groups in total. The first-order chi connectivity index (χ1) is 8.29. The molecular weight excluding hydrogens is 226 g/mol. The van der Waals surface area contributed by atoms with Crippen LogP contribution in [0.25, 0.3) is 0 Å². The molecule has 1 unspecified atom stereocenters. The average Bonchev–Trinajstić information content (AvgIpc) is 2.28. The first-order valence-electron chi connectivity index (χ1n) is 7.21. The van der Waals surface area contributed by atoms with Crippen molar-refractivity contribution in [3.63, 3.8) is 0 Å². The summed E-state index contributed by atoms with van der Waals surface area (Å²) >= 11 is 0. The zero-order chi connectivity index (χ0) is 13.8. The van der Waals surface area contributed by atoms with E-state index in [-0.39, 0.29) is 29.4 Å². The summed E-state index contributed by atoms with van der Waals surface area (Å²) in [5.41, 5.74) is -0.208. The van der Waals surface area contributed by atoms with Crippen LogP contribution < -0.4 is 5.32 Å². The summed E-state index contributed by atoms with van der Waals surface area (Å²) < 4.78 is 0. The molecule has 1 saturated carbocycles. The average molecular weight is 255 g/mol. The Hall–Kier alpha value is -0.570. The molecule has 0 radical (unpaired) electrons. The maximum atomic E-state index is 12.5. The minimum atomic E-state index is -0.197. The Kier molecular flexibility index (Phi) is 5.20. The van der Waals surface area contributed by atoms with Crippen molar-refractivity contribution in [2.24, 2.45) is 10.8 Å². The number of carbonyl (C=O) groups excluding carboxylic acids is 1. The lowest BCUT2D eigenvalue weighted by Gasteiger charge is -2.37. The van der Waals surface area contributed by atoms with E-state index in [9.17, 15) is 4.79 Å². The number of carbonyl (C=O) groups is 1. The summed E-state index contributed by atoms with van der Waals surface area (Å²) in [6, 6.07) is 0.0498. The Morgan fingerprint density at radius 1 is 1.28 bits per heavy atom. The fourth-order valence-electron chi connectivity index (χ4n) is 2.74. The first kappa shape index (κ1) is 15.5. The molecule has 1 fully saturated rings. The quantitative estimate of drug-likeness (QED) is 0.811. The minimum absolute atomic E-state index is 0.0105. The highest BCUT2D eigenvalue weighted by atomic mass is 16.3. The summed E-state index contributed by atoms with van der Waals surface area (Å²) in [6.45, 7) is 8.53. The van der Waals surface area contributed by atoms with Gasteiger partial charge in [0.1, 0.15) is 0 Å². The van der Waals surface area contributed by atoms with Crippen molar-refractivity contribution >= 4 is 5.91 Å². The van der Waals surface area contributed by atoms with Gasteiger partial charge in [0.05, 0.1) is 0 Å². The molecule has 0 aliphatic heterocycles. The van der Waals surface area contributed by atoms with E-state index in [1.165, 1.54) is 6.42 Å². The van der Waals surface area contributed by atoms with Gasteiger partial charge < -0.3 is 10.4 Å². The third-order valence-corrected chi connectivity index (χ3v) is 4.27. The van der Waals surface area contributed by atoms with E-state index in [0.29, 0.717) is 6.42 Å². The summed E-state index contributed by atoms with van der Waals surface area (Å²) in [6.07, 6.45) is 6.19. The van der Waals surface area contributed by atoms with E-state index in [1.54, 1.807) is 0 Å². The monoisotopic (exact) mass is 255 g/mol. The van der Waals surface area contributed by atoms with Gasteiger partial charge in [0.25, 0.3) is 0 Å². The van der Waals surface area contributed by atoms with Crippen molar-refractivity contribution in [3.05, 3.63) is 0 Å². The fraction of sp³-hybridized carbons (Fsp3) is 0.933. The Morgan fingerprint density at radius 2 is 1.83 bits per heavy atom. The van der Waals surface area contributed by atoms with Gasteiger partial charge in [-0.1, -0.05) is 47.0 Å². The lowest BCUT2D eigenvalue weighted by molar-refractivity contribution is -0.133. The van der Waals surface area contributed by atoms with E-state index < -0.39 is 0 Å². The molecule has 1 rings (SSSR count). The summed E-state index contributed by atoms with van der Waals surface area (Å²) in [4.78, 5) is 12.5. The number of rotatable bonds is 4. The molecular formula is C15H29NO2. The maximum absolute atomic E-state index is 12.5. The summed E-state index contributed by atoms with van der Waals surface area (Å²) in [5.74, 6) is 0.176. The van der Waals surface area contributed by atoms with Gasteiger partial charge in [-0.2, -0.15) is 0 Å². The van der Waals surface area contributed by atoms with Gasteiger partial charge >= 0.3 is 0 Å². The van der Waals surface area contributed by atoms with Gasteiger partial charge in [-0.05, 0) is 24.7 Å². The Morgan fingerprint density at radius 3 is 2.28 bits per heavy atom. The molecule has 0 aromatic rings. The molecule has 0 bridgehead atoms. The van der Waals surface area contributed by atoms with Crippen molar-refractivity contribution in [1.82, 2.24) is 5.32 Å². The van der Waals surface area contributed by atoms with Crippen LogP contribution in [0.15, 0.2) is 0 Å². The Balaban J connectivity index is 2.65. The second kappa shape index (κ2) is 6.05. The SMILES string of the molecule is CC1(C(=O)NC(CCO)C(C)(C)C)CCCCC1. The van der Waals surface area contributed by atoms with E-state index in [2.05, 4.69) is 33.0 Å². The molecule has 18 heavy (non-hydrogen) atoms. The van der Waals surface area contributed by atoms with Gasteiger partial charge in [-0.15, -0.1) is 0 Å². The molecule has 0 aromatic carbocycles. The lowest BCUT2D eigenvalue weighted by Crippen LogP contribution is -2.50. The molecule has 1 atom stereocenters. The molecule has 3 nitrogen and oxygen atoms in total. The predicted octanol–water partition coefficient (Wildman–Crippen LogP) is 2.87. The predicted molar refractivity (Wildman–Crippen MR) is 74.3 cm³/mol. The van der Waals surface area contributed by atoms with Gasteiger partial charge in [0, 0.05) is 18.1 Å². The number of nitrogens with one attached hydrogen (secondary N) is 1. The number of aliphatic hydroxyl groups is 1. The lowest BCUT2D eigenvalue weighted by atomic mass is 9.74. The number of aliphatic hydroxyl groups excluding tert-OH is 1. The van der Waals surface area contributed by atoms with Crippen LogP contribution in [-0.4, -0.2) is 23.7 Å². The minimum Gasteiger partial charge on any atom is -0.396 e. The zero-order valence-electron chi connectivity index (χ0n) is 12.4. The van der Waals surface area contributed by atoms with Crippen LogP contribution in [0.5, 0.6) is 0 Å². The third-order valence-electron chi connectivity index (χ3n) is 4.27. The van der Waals surface area contributed by atoms with Crippen molar-refractivity contribution in [3.8, 4) is 0 Å². The summed E-state index contributed by atoms with van der Waals surface area (Å²) in [5, 5.41) is 12.3. The topological polar surface area (TPSA) is 49.3 Å². The van der Waals surface area contributed by atoms with Crippen LogP contribution in [-0.2, 0) is 4.79 Å². The van der Waals surface area contributed by atoms with Crippen LogP contribution in [0.3, 0.4) is 0 Å². The van der Waals surface area contributed by atoms with E-state index in [4.69, 9.17) is 5.11 Å². The van der Waals surface area contributed by atoms with Crippen molar-refractivity contribution in [2.45, 2.75) is 72.3 Å². The zero-order valence-corrected chi connectivity index (χ0v) is 12.4. The van der Waals surface area contributed by atoms with E-state index in [0.717, 1.165) is 25.7 Å². The van der Waals surface area contributed by atoms with Crippen LogP contribution in [0, 0.1) is 10.8 Å². The molecule has 0 aromatic heterocycles. The smallest absolute Gasteiger partial charge is 0.226 e. The van der Waals surface area contributed by atoms with Crippen LogP contribution >= 0.6 is 0 Å². The molecule has 0 heterocycles. The number of amides is 1. The third kappa shape index (κ3) is 3.98. The highest BCUT2D eigenvalue weighted by molar-refractivity contribution is 5.82. The maximum Gasteiger partial charge on any atom is 0.226 e. The second-order valence-electron chi connectivity index (χ2n) is 7.03. The Labute approximate surface area is 111 Å². The van der Waals surface area contributed by atoms with E-state index in [1.807, 2.05) is 0 Å². The molecule has 3 heteroatoms. The number of hydrogen-bond donors (Lipinski definition) is 2. The molecule has 1 aliphatic carbocycles. The molecule has 1 aliphatic rings. The fourth-order valence-corrected chi connectivity index (χ4v) is 2.74. The van der Waals surface area contributed by atoms with Crippen molar-refractivity contribution in [1.29, 1.82) is 0 Å². The van der Waals surface area contributed by atoms with Gasteiger partial charge in [0.15, 0.2) is 0 Å². The van der Waals surface area contributed by atoms with Crippen molar-refractivity contribution < 1.29 is 9.90 Å².